The lowest BCUT2D eigenvalue weighted by Gasteiger charge is -2.12. The number of fused-ring (bicyclic) bond motifs is 1. The van der Waals surface area contributed by atoms with E-state index in [0.29, 0.717) is 41.5 Å². The number of hydrogen-bond acceptors (Lipinski definition) is 5. The molecular weight excluding hydrogens is 298 g/mol. The number of ether oxygens (including phenoxy) is 2. The third-order valence-electron chi connectivity index (χ3n) is 3.77. The zero-order valence-electron chi connectivity index (χ0n) is 13.1. The van der Waals surface area contributed by atoms with E-state index in [1.54, 1.807) is 38.1 Å². The highest BCUT2D eigenvalue weighted by molar-refractivity contribution is 5.95. The summed E-state index contributed by atoms with van der Waals surface area (Å²) in [4.78, 5) is 12.1. The molecule has 0 spiro atoms. The van der Waals surface area contributed by atoms with Crippen molar-refractivity contribution in [1.82, 2.24) is 5.32 Å². The molecule has 6 nitrogen and oxygen atoms in total. The van der Waals surface area contributed by atoms with Gasteiger partial charge in [0, 0.05) is 6.54 Å². The summed E-state index contributed by atoms with van der Waals surface area (Å²) in [5, 5.41) is 13.0. The Morgan fingerprint density at radius 1 is 1.26 bits per heavy atom. The van der Waals surface area contributed by atoms with Gasteiger partial charge in [0.25, 0.3) is 5.91 Å². The Labute approximate surface area is 134 Å². The largest absolute Gasteiger partial charge is 0.466 e. The summed E-state index contributed by atoms with van der Waals surface area (Å²) in [7, 11) is 0. The number of hydrogen-bond donors (Lipinski definition) is 2. The molecule has 23 heavy (non-hydrogen) atoms. The Bertz CT molecular complexity index is 722. The highest BCUT2D eigenvalue weighted by Crippen LogP contribution is 2.34. The van der Waals surface area contributed by atoms with Crippen molar-refractivity contribution in [1.29, 1.82) is 0 Å². The van der Waals surface area contributed by atoms with Crippen molar-refractivity contribution >= 4 is 5.91 Å². The minimum absolute atomic E-state index is 0.197. The Morgan fingerprint density at radius 2 is 2.04 bits per heavy atom. The number of furan rings is 1. The molecule has 3 rings (SSSR count). The summed E-state index contributed by atoms with van der Waals surface area (Å²) in [5.41, 5.74) is 1.26. The van der Waals surface area contributed by atoms with E-state index in [-0.39, 0.29) is 12.7 Å². The average molecular weight is 317 g/mol. The van der Waals surface area contributed by atoms with Gasteiger partial charge >= 0.3 is 0 Å². The average Bonchev–Trinajstić information content (AvgIpc) is 3.12. The third kappa shape index (κ3) is 3.32. The molecule has 1 atom stereocenters. The van der Waals surface area contributed by atoms with Crippen molar-refractivity contribution in [3.8, 4) is 11.5 Å². The summed E-state index contributed by atoms with van der Waals surface area (Å²) < 4.78 is 15.9. The zero-order valence-corrected chi connectivity index (χ0v) is 13.1. The second kappa shape index (κ2) is 6.34. The van der Waals surface area contributed by atoms with Gasteiger partial charge in [-0.3, -0.25) is 4.79 Å². The molecule has 2 heterocycles. The minimum Gasteiger partial charge on any atom is -0.466 e. The van der Waals surface area contributed by atoms with E-state index in [4.69, 9.17) is 13.9 Å². The van der Waals surface area contributed by atoms with Crippen molar-refractivity contribution in [3.05, 3.63) is 46.9 Å². The van der Waals surface area contributed by atoms with Crippen LogP contribution in [0.4, 0.5) is 0 Å². The van der Waals surface area contributed by atoms with E-state index >= 15 is 0 Å². The lowest BCUT2D eigenvalue weighted by Crippen LogP contribution is -2.25. The van der Waals surface area contributed by atoms with Crippen molar-refractivity contribution in [2.24, 2.45) is 0 Å². The van der Waals surface area contributed by atoms with Crippen molar-refractivity contribution in [2.75, 3.05) is 13.3 Å². The molecule has 0 saturated carbocycles. The number of amides is 1. The third-order valence-corrected chi connectivity index (χ3v) is 3.77. The van der Waals surface area contributed by atoms with Crippen LogP contribution in [0.5, 0.6) is 11.5 Å². The van der Waals surface area contributed by atoms with Crippen LogP contribution in [0.1, 0.15) is 40.0 Å². The van der Waals surface area contributed by atoms with Gasteiger partial charge in [0.1, 0.15) is 11.5 Å². The first-order valence-corrected chi connectivity index (χ1v) is 7.47. The molecule has 6 heteroatoms. The standard InChI is InChI=1S/C17H19NO5/c1-10-7-13(11(2)23-10)17(20)18-6-5-14(19)12-3-4-15-16(8-12)22-9-21-15/h3-4,7-8,14,19H,5-6,9H2,1-2H3,(H,18,20). The molecule has 1 amide bonds. The van der Waals surface area contributed by atoms with Crippen LogP contribution in [0.3, 0.4) is 0 Å². The van der Waals surface area contributed by atoms with Crippen LogP contribution in [0.25, 0.3) is 0 Å². The quantitative estimate of drug-likeness (QED) is 0.885. The SMILES string of the molecule is Cc1cc(C(=O)NCCC(O)c2ccc3c(c2)OCO3)c(C)o1. The number of aryl methyl sites for hydroxylation is 2. The van der Waals surface area contributed by atoms with Gasteiger partial charge < -0.3 is 24.3 Å². The molecule has 0 bridgehead atoms. The smallest absolute Gasteiger partial charge is 0.254 e. The van der Waals surface area contributed by atoms with Crippen LogP contribution < -0.4 is 14.8 Å². The fourth-order valence-electron chi connectivity index (χ4n) is 2.56. The Morgan fingerprint density at radius 3 is 2.78 bits per heavy atom. The van der Waals surface area contributed by atoms with Crippen LogP contribution in [0.15, 0.2) is 28.7 Å². The first kappa shape index (κ1) is 15.4. The molecule has 1 aromatic heterocycles. The maximum atomic E-state index is 12.1. The molecule has 2 aromatic rings. The van der Waals surface area contributed by atoms with Gasteiger partial charge in [0.15, 0.2) is 11.5 Å². The first-order chi connectivity index (χ1) is 11.0. The topological polar surface area (TPSA) is 80.9 Å². The van der Waals surface area contributed by atoms with E-state index in [2.05, 4.69) is 5.32 Å². The van der Waals surface area contributed by atoms with Crippen LogP contribution in [0, 0.1) is 13.8 Å². The second-order valence-corrected chi connectivity index (χ2v) is 5.50. The molecule has 1 aromatic carbocycles. The van der Waals surface area contributed by atoms with Crippen LogP contribution in [-0.2, 0) is 0 Å². The van der Waals surface area contributed by atoms with Crippen LogP contribution in [0.2, 0.25) is 0 Å². The fourth-order valence-corrected chi connectivity index (χ4v) is 2.56. The lowest BCUT2D eigenvalue weighted by molar-refractivity contribution is 0.0941. The van der Waals surface area contributed by atoms with Gasteiger partial charge in [0.05, 0.1) is 11.7 Å². The molecule has 0 radical (unpaired) electrons. The fraction of sp³-hybridized carbons (Fsp3) is 0.353. The Kier molecular flexibility index (Phi) is 4.25. The first-order valence-electron chi connectivity index (χ1n) is 7.47. The van der Waals surface area contributed by atoms with E-state index in [0.717, 1.165) is 5.56 Å². The normalized spacial score (nSPS) is 13.9. The lowest BCUT2D eigenvalue weighted by atomic mass is 10.1. The number of rotatable bonds is 5. The van der Waals surface area contributed by atoms with E-state index in [9.17, 15) is 9.90 Å². The second-order valence-electron chi connectivity index (χ2n) is 5.50. The van der Waals surface area contributed by atoms with E-state index in [1.807, 2.05) is 0 Å². The minimum atomic E-state index is -0.683. The summed E-state index contributed by atoms with van der Waals surface area (Å²) >= 11 is 0. The molecule has 0 fully saturated rings. The zero-order chi connectivity index (χ0) is 16.4. The summed E-state index contributed by atoms with van der Waals surface area (Å²) in [6.07, 6.45) is -0.279. The van der Waals surface area contributed by atoms with Crippen LogP contribution >= 0.6 is 0 Å². The monoisotopic (exact) mass is 317 g/mol. The summed E-state index contributed by atoms with van der Waals surface area (Å²) in [6, 6.07) is 7.04. The Balaban J connectivity index is 1.54. The highest BCUT2D eigenvalue weighted by atomic mass is 16.7. The number of aliphatic hydroxyl groups excluding tert-OH is 1. The van der Waals surface area contributed by atoms with Crippen molar-refractivity contribution in [3.63, 3.8) is 0 Å². The van der Waals surface area contributed by atoms with Crippen molar-refractivity contribution in [2.45, 2.75) is 26.4 Å². The van der Waals surface area contributed by atoms with Gasteiger partial charge in [-0.2, -0.15) is 0 Å². The number of carbonyl (C=O) groups is 1. The van der Waals surface area contributed by atoms with Crippen molar-refractivity contribution < 1.29 is 23.8 Å². The predicted molar refractivity (Wildman–Crippen MR) is 82.7 cm³/mol. The Hall–Kier alpha value is -2.47. The molecule has 2 N–H and O–H groups in total. The van der Waals surface area contributed by atoms with Crippen LogP contribution in [-0.4, -0.2) is 24.4 Å². The van der Waals surface area contributed by atoms with Gasteiger partial charge in [-0.15, -0.1) is 0 Å². The molecule has 122 valence electrons. The van der Waals surface area contributed by atoms with Gasteiger partial charge in [-0.05, 0) is 44.0 Å². The molecule has 1 unspecified atom stereocenters. The molecule has 0 saturated heterocycles. The van der Waals surface area contributed by atoms with Gasteiger partial charge in [-0.25, -0.2) is 0 Å². The number of carbonyl (C=O) groups excluding carboxylic acids is 1. The molecule has 1 aliphatic heterocycles. The maximum absolute atomic E-state index is 12.1. The number of nitrogens with one attached hydrogen (secondary N) is 1. The molecular formula is C17H19NO5. The van der Waals surface area contributed by atoms with Gasteiger partial charge in [-0.1, -0.05) is 6.07 Å². The maximum Gasteiger partial charge on any atom is 0.254 e. The predicted octanol–water partition coefficient (Wildman–Crippen LogP) is 2.48. The summed E-state index contributed by atoms with van der Waals surface area (Å²) in [5.74, 6) is 2.41. The summed E-state index contributed by atoms with van der Waals surface area (Å²) in [6.45, 7) is 4.11. The van der Waals surface area contributed by atoms with E-state index in [1.165, 1.54) is 0 Å². The number of aliphatic hydroxyl groups is 1. The van der Waals surface area contributed by atoms with E-state index < -0.39 is 6.10 Å². The van der Waals surface area contributed by atoms with Gasteiger partial charge in [0.2, 0.25) is 6.79 Å². The molecule has 1 aliphatic rings. The molecule has 0 aliphatic carbocycles. The highest BCUT2D eigenvalue weighted by Gasteiger charge is 2.17. The number of benzene rings is 1.